The number of nitrogens with one attached hydrogen (secondary N) is 2. The Bertz CT molecular complexity index is 1470. The van der Waals surface area contributed by atoms with Crippen molar-refractivity contribution in [3.63, 3.8) is 0 Å². The van der Waals surface area contributed by atoms with Crippen LogP contribution in [0.25, 0.3) is 5.57 Å². The zero-order valence-electron chi connectivity index (χ0n) is 24.1. The van der Waals surface area contributed by atoms with Gasteiger partial charge in [0, 0.05) is 31.0 Å². The van der Waals surface area contributed by atoms with Gasteiger partial charge in [0.15, 0.2) is 0 Å². The molecule has 0 radical (unpaired) electrons. The first-order valence-corrected chi connectivity index (χ1v) is 15.3. The quantitative estimate of drug-likeness (QED) is 0.229. The lowest BCUT2D eigenvalue weighted by molar-refractivity contribution is -0.160. The molecule has 3 aliphatic carbocycles. The van der Waals surface area contributed by atoms with Gasteiger partial charge in [-0.3, -0.25) is 18.8 Å². The molecule has 2 aromatic rings. The van der Waals surface area contributed by atoms with Crippen molar-refractivity contribution in [2.75, 3.05) is 26.3 Å². The van der Waals surface area contributed by atoms with Crippen molar-refractivity contribution in [2.24, 2.45) is 11.8 Å². The third-order valence-corrected chi connectivity index (χ3v) is 9.34. The normalized spacial score (nSPS) is 20.9. The molecule has 0 saturated heterocycles. The molecule has 0 spiro atoms. The maximum atomic E-state index is 14.2. The number of aliphatic carboxylic acids is 1. The van der Waals surface area contributed by atoms with Gasteiger partial charge in [0.1, 0.15) is 0 Å². The number of aromatic nitrogens is 2. The van der Waals surface area contributed by atoms with Gasteiger partial charge in [-0.05, 0) is 75.1 Å². The number of hydrogen-bond acceptors (Lipinski definition) is 5. The lowest BCUT2D eigenvalue weighted by Crippen LogP contribution is -2.38. The minimum Gasteiger partial charge on any atom is -0.481 e. The molecule has 1 fully saturated rings. The highest BCUT2D eigenvalue weighted by molar-refractivity contribution is 6.34. The lowest BCUT2D eigenvalue weighted by atomic mass is 9.82. The minimum atomic E-state index is -4.57. The van der Waals surface area contributed by atoms with E-state index >= 15 is 0 Å². The average molecular weight is 639 g/mol. The Kier molecular flexibility index (Phi) is 9.50. The Morgan fingerprint density at radius 2 is 1.84 bits per heavy atom. The van der Waals surface area contributed by atoms with Gasteiger partial charge in [0.25, 0.3) is 5.91 Å². The average Bonchev–Trinajstić information content (AvgIpc) is 3.74. The third-order valence-electron chi connectivity index (χ3n) is 9.02. The van der Waals surface area contributed by atoms with Crippen LogP contribution in [0.5, 0.6) is 0 Å². The Balaban J connectivity index is 1.48. The van der Waals surface area contributed by atoms with E-state index in [4.69, 9.17) is 11.6 Å². The van der Waals surface area contributed by atoms with Crippen LogP contribution in [0.2, 0.25) is 5.02 Å². The summed E-state index contributed by atoms with van der Waals surface area (Å²) in [7, 11) is 0. The number of halogens is 5. The van der Waals surface area contributed by atoms with Crippen molar-refractivity contribution in [1.82, 2.24) is 20.4 Å². The molecule has 0 bridgehead atoms. The van der Waals surface area contributed by atoms with E-state index in [0.717, 1.165) is 15.8 Å². The summed E-state index contributed by atoms with van der Waals surface area (Å²) in [5.74, 6) is -2.93. The van der Waals surface area contributed by atoms with Gasteiger partial charge < -0.3 is 15.7 Å². The van der Waals surface area contributed by atoms with Crippen molar-refractivity contribution in [3.05, 3.63) is 57.4 Å². The molecule has 2 atom stereocenters. The zero-order chi connectivity index (χ0) is 31.6. The van der Waals surface area contributed by atoms with E-state index in [1.165, 1.54) is 18.2 Å². The van der Waals surface area contributed by atoms with E-state index < -0.39 is 42.0 Å². The molecule has 238 valence electrons. The smallest absolute Gasteiger partial charge is 0.398 e. The first-order chi connectivity index (χ1) is 21.0. The number of fused-ring (bicyclic) bond motifs is 1. The summed E-state index contributed by atoms with van der Waals surface area (Å²) in [6.45, 7) is 0.859. The molecule has 1 saturated carbocycles. The fourth-order valence-electron chi connectivity index (χ4n) is 6.35. The molecule has 44 heavy (non-hydrogen) atoms. The van der Waals surface area contributed by atoms with Crippen LogP contribution < -0.4 is 10.6 Å². The highest BCUT2D eigenvalue weighted by Crippen LogP contribution is 2.60. The van der Waals surface area contributed by atoms with Gasteiger partial charge in [0.2, 0.25) is 5.91 Å². The summed E-state index contributed by atoms with van der Waals surface area (Å²) in [6.07, 6.45) is -0.553. The standard InChI is InChI=1S/C31H35ClF4N4O4/c32-23-4-1-3-22(30(11-12-30)31(34,35)36)25(23)28(42)40-24-17-20(27(41)38-16-15-37-14-2-13-33)9-10-21(24)26(39-40)18-5-7-19(8-6-18)29(43)44/h1,3-5,19-20,37H,2,6-17H2,(H,38,41)(H,43,44). The van der Waals surface area contributed by atoms with E-state index in [9.17, 15) is 37.1 Å². The molecule has 5 rings (SSSR count). The second-order valence-electron chi connectivity index (χ2n) is 11.8. The third kappa shape index (κ3) is 6.28. The number of alkyl halides is 4. The van der Waals surface area contributed by atoms with Gasteiger partial charge in [-0.25, -0.2) is 0 Å². The van der Waals surface area contributed by atoms with Crippen molar-refractivity contribution >= 4 is 35.0 Å². The van der Waals surface area contributed by atoms with E-state index in [-0.39, 0.29) is 41.3 Å². The molecule has 1 heterocycles. The Morgan fingerprint density at radius 1 is 1.09 bits per heavy atom. The molecule has 1 aromatic carbocycles. The molecule has 13 heteroatoms. The lowest BCUT2D eigenvalue weighted by Gasteiger charge is -2.25. The SMILES string of the molecule is O=C(O)C1CC=C(c2nn(C(=O)c3c(Cl)cccc3C3(C(F)(F)F)CC3)c3c2CCC(C(=O)NCCNCCCF)C3)CC1. The number of nitrogens with zero attached hydrogens (tertiary/aromatic N) is 2. The molecule has 0 aliphatic heterocycles. The predicted molar refractivity (Wildman–Crippen MR) is 155 cm³/mol. The zero-order valence-corrected chi connectivity index (χ0v) is 24.9. The molecular formula is C31H35ClF4N4O4. The van der Waals surface area contributed by atoms with Crippen LogP contribution in [0.1, 0.15) is 77.8 Å². The molecular weight excluding hydrogens is 604 g/mol. The maximum Gasteiger partial charge on any atom is 0.398 e. The Labute approximate surface area is 257 Å². The van der Waals surface area contributed by atoms with Crippen molar-refractivity contribution in [1.29, 1.82) is 0 Å². The predicted octanol–water partition coefficient (Wildman–Crippen LogP) is 5.26. The van der Waals surface area contributed by atoms with Gasteiger partial charge >= 0.3 is 12.1 Å². The second kappa shape index (κ2) is 13.0. The van der Waals surface area contributed by atoms with Crippen LogP contribution in [-0.2, 0) is 27.8 Å². The van der Waals surface area contributed by atoms with Gasteiger partial charge in [-0.1, -0.05) is 29.8 Å². The maximum absolute atomic E-state index is 14.2. The summed E-state index contributed by atoms with van der Waals surface area (Å²) in [5, 5.41) is 19.9. The molecule has 3 aliphatic rings. The summed E-state index contributed by atoms with van der Waals surface area (Å²) in [4.78, 5) is 38.8. The number of rotatable bonds is 11. The van der Waals surface area contributed by atoms with Crippen molar-refractivity contribution in [2.45, 2.75) is 69.4 Å². The number of carbonyl (C=O) groups excluding carboxylic acids is 2. The van der Waals surface area contributed by atoms with Crippen molar-refractivity contribution in [3.8, 4) is 0 Å². The van der Waals surface area contributed by atoms with Gasteiger partial charge in [0.05, 0.1) is 40.0 Å². The molecule has 1 aromatic heterocycles. The summed E-state index contributed by atoms with van der Waals surface area (Å²) in [6, 6.07) is 4.09. The van der Waals surface area contributed by atoms with Crippen LogP contribution in [-0.4, -0.2) is 65.2 Å². The highest BCUT2D eigenvalue weighted by Gasteiger charge is 2.65. The topological polar surface area (TPSA) is 113 Å². The van der Waals surface area contributed by atoms with Crippen LogP contribution in [0.4, 0.5) is 17.6 Å². The van der Waals surface area contributed by atoms with Crippen LogP contribution >= 0.6 is 11.6 Å². The summed E-state index contributed by atoms with van der Waals surface area (Å²) in [5.41, 5.74) is -0.116. The highest BCUT2D eigenvalue weighted by atomic mass is 35.5. The largest absolute Gasteiger partial charge is 0.481 e. The first-order valence-electron chi connectivity index (χ1n) is 15.0. The monoisotopic (exact) mass is 638 g/mol. The molecule has 2 unspecified atom stereocenters. The van der Waals surface area contributed by atoms with Crippen LogP contribution in [0.3, 0.4) is 0 Å². The van der Waals surface area contributed by atoms with Crippen LogP contribution in [0, 0.1) is 11.8 Å². The van der Waals surface area contributed by atoms with Gasteiger partial charge in [-0.15, -0.1) is 0 Å². The number of benzene rings is 1. The number of hydrogen-bond donors (Lipinski definition) is 3. The Morgan fingerprint density at radius 3 is 2.48 bits per heavy atom. The number of carbonyl (C=O) groups is 3. The second-order valence-corrected chi connectivity index (χ2v) is 12.2. The van der Waals surface area contributed by atoms with E-state index in [2.05, 4.69) is 15.7 Å². The summed E-state index contributed by atoms with van der Waals surface area (Å²) >= 11 is 6.44. The van der Waals surface area contributed by atoms with Crippen LogP contribution in [0.15, 0.2) is 24.3 Å². The Hall–Kier alpha value is -3.25. The molecule has 8 nitrogen and oxygen atoms in total. The van der Waals surface area contributed by atoms with E-state index in [1.54, 1.807) is 6.08 Å². The van der Waals surface area contributed by atoms with Gasteiger partial charge in [-0.2, -0.15) is 23.0 Å². The number of allylic oxidation sites excluding steroid dienone is 2. The minimum absolute atomic E-state index is 0.111. The van der Waals surface area contributed by atoms with E-state index in [1.807, 2.05) is 0 Å². The number of amides is 1. The van der Waals surface area contributed by atoms with E-state index in [0.29, 0.717) is 69.5 Å². The van der Waals surface area contributed by atoms with Crippen molar-refractivity contribution < 1.29 is 37.1 Å². The number of carboxylic acid groups (broad SMARTS) is 1. The fourth-order valence-corrected chi connectivity index (χ4v) is 6.60. The summed E-state index contributed by atoms with van der Waals surface area (Å²) < 4.78 is 56.0. The number of carboxylic acids is 1. The fraction of sp³-hybridized carbons (Fsp3) is 0.548. The first kappa shape index (κ1) is 32.2. The molecule has 1 amide bonds. The molecule has 3 N–H and O–H groups in total.